The highest BCUT2D eigenvalue weighted by atomic mass is 16.6. The molecule has 0 unspecified atom stereocenters. The summed E-state index contributed by atoms with van der Waals surface area (Å²) in [5.74, 6) is 0.451. The lowest BCUT2D eigenvalue weighted by Gasteiger charge is -2.13. The number of rotatable bonds is 10. The SMILES string of the molecule is COCCOCCCOc1ccc([N+](=O)[O-])cc1[C@@H](C)O. The van der Waals surface area contributed by atoms with Gasteiger partial charge in [0.1, 0.15) is 5.75 Å². The average Bonchev–Trinajstić information content (AvgIpc) is 2.46. The third-order valence-corrected chi connectivity index (χ3v) is 2.78. The van der Waals surface area contributed by atoms with Crippen molar-refractivity contribution >= 4 is 5.69 Å². The molecule has 21 heavy (non-hydrogen) atoms. The Morgan fingerprint density at radius 3 is 2.67 bits per heavy atom. The number of aliphatic hydroxyl groups excluding tert-OH is 1. The molecule has 0 heterocycles. The molecule has 0 aliphatic rings. The molecule has 0 spiro atoms. The van der Waals surface area contributed by atoms with E-state index in [9.17, 15) is 15.2 Å². The van der Waals surface area contributed by atoms with Gasteiger partial charge >= 0.3 is 0 Å². The Morgan fingerprint density at radius 1 is 1.29 bits per heavy atom. The second-order valence-electron chi connectivity index (χ2n) is 4.46. The van der Waals surface area contributed by atoms with Crippen molar-refractivity contribution in [1.82, 2.24) is 0 Å². The Labute approximate surface area is 123 Å². The van der Waals surface area contributed by atoms with Crippen LogP contribution in [0.5, 0.6) is 5.75 Å². The fourth-order valence-corrected chi connectivity index (χ4v) is 1.69. The highest BCUT2D eigenvalue weighted by Crippen LogP contribution is 2.29. The van der Waals surface area contributed by atoms with Gasteiger partial charge in [-0.2, -0.15) is 0 Å². The first-order valence-electron chi connectivity index (χ1n) is 6.72. The normalized spacial score (nSPS) is 12.1. The van der Waals surface area contributed by atoms with Gasteiger partial charge in [-0.05, 0) is 13.0 Å². The summed E-state index contributed by atoms with van der Waals surface area (Å²) in [6, 6.07) is 4.19. The Morgan fingerprint density at radius 2 is 2.05 bits per heavy atom. The third-order valence-electron chi connectivity index (χ3n) is 2.78. The molecule has 0 aliphatic heterocycles. The Hall–Kier alpha value is -1.70. The summed E-state index contributed by atoms with van der Waals surface area (Å²) in [7, 11) is 1.61. The van der Waals surface area contributed by atoms with E-state index in [4.69, 9.17) is 14.2 Å². The fraction of sp³-hybridized carbons (Fsp3) is 0.571. The number of methoxy groups -OCH3 is 1. The molecule has 1 aromatic rings. The molecule has 1 N–H and O–H groups in total. The lowest BCUT2D eigenvalue weighted by atomic mass is 10.1. The topological polar surface area (TPSA) is 91.1 Å². The lowest BCUT2D eigenvalue weighted by molar-refractivity contribution is -0.385. The minimum Gasteiger partial charge on any atom is -0.493 e. The molecule has 1 aromatic carbocycles. The molecule has 0 radical (unpaired) electrons. The van der Waals surface area contributed by atoms with E-state index in [0.29, 0.717) is 44.2 Å². The largest absolute Gasteiger partial charge is 0.493 e. The van der Waals surface area contributed by atoms with Gasteiger partial charge in [0.25, 0.3) is 5.69 Å². The molecule has 1 atom stereocenters. The van der Waals surface area contributed by atoms with Crippen molar-refractivity contribution < 1.29 is 24.2 Å². The molecule has 7 nitrogen and oxygen atoms in total. The molecule has 0 aliphatic carbocycles. The minimum atomic E-state index is -0.835. The second-order valence-corrected chi connectivity index (χ2v) is 4.46. The highest BCUT2D eigenvalue weighted by molar-refractivity contribution is 5.44. The number of nitrogens with zero attached hydrogens (tertiary/aromatic N) is 1. The summed E-state index contributed by atoms with van der Waals surface area (Å²) in [5, 5.41) is 20.4. The predicted molar refractivity (Wildman–Crippen MR) is 76.5 cm³/mol. The van der Waals surface area contributed by atoms with Crippen LogP contribution >= 0.6 is 0 Å². The summed E-state index contributed by atoms with van der Waals surface area (Å²) < 4.78 is 15.7. The van der Waals surface area contributed by atoms with E-state index >= 15 is 0 Å². The van der Waals surface area contributed by atoms with E-state index in [1.165, 1.54) is 18.2 Å². The van der Waals surface area contributed by atoms with Crippen LogP contribution < -0.4 is 4.74 Å². The van der Waals surface area contributed by atoms with Crippen molar-refractivity contribution in [2.75, 3.05) is 33.5 Å². The van der Waals surface area contributed by atoms with Crippen LogP contribution in [0.2, 0.25) is 0 Å². The smallest absolute Gasteiger partial charge is 0.270 e. The van der Waals surface area contributed by atoms with Gasteiger partial charge in [-0.1, -0.05) is 0 Å². The maximum atomic E-state index is 10.7. The minimum absolute atomic E-state index is 0.0684. The van der Waals surface area contributed by atoms with Crippen molar-refractivity contribution in [2.24, 2.45) is 0 Å². The molecule has 7 heteroatoms. The standard InChI is InChI=1S/C14H21NO6/c1-11(16)13-10-12(15(17)18)4-5-14(13)21-7-3-6-20-9-8-19-2/h4-5,10-11,16H,3,6-9H2,1-2H3/t11-/m1/s1. The van der Waals surface area contributed by atoms with Crippen LogP contribution in [0, 0.1) is 10.1 Å². The van der Waals surface area contributed by atoms with Crippen LogP contribution in [0.25, 0.3) is 0 Å². The van der Waals surface area contributed by atoms with Gasteiger partial charge in [0.2, 0.25) is 0 Å². The quantitative estimate of drug-likeness (QED) is 0.404. The monoisotopic (exact) mass is 299 g/mol. The van der Waals surface area contributed by atoms with Gasteiger partial charge in [-0.25, -0.2) is 0 Å². The van der Waals surface area contributed by atoms with Crippen molar-refractivity contribution in [3.05, 3.63) is 33.9 Å². The maximum absolute atomic E-state index is 10.7. The molecule has 0 fully saturated rings. The van der Waals surface area contributed by atoms with E-state index in [-0.39, 0.29) is 5.69 Å². The number of ether oxygens (including phenoxy) is 3. The van der Waals surface area contributed by atoms with Crippen LogP contribution in [0.1, 0.15) is 25.0 Å². The van der Waals surface area contributed by atoms with Crippen molar-refractivity contribution in [1.29, 1.82) is 0 Å². The molecule has 1 rings (SSSR count). The van der Waals surface area contributed by atoms with Crippen molar-refractivity contribution in [3.8, 4) is 5.75 Å². The molecule has 0 saturated heterocycles. The summed E-state index contributed by atoms with van der Waals surface area (Å²) in [5.41, 5.74) is 0.339. The zero-order valence-electron chi connectivity index (χ0n) is 12.3. The third kappa shape index (κ3) is 6.07. The van der Waals surface area contributed by atoms with E-state index in [2.05, 4.69) is 0 Å². The number of hydrogen-bond acceptors (Lipinski definition) is 6. The van der Waals surface area contributed by atoms with Gasteiger partial charge in [0.15, 0.2) is 0 Å². The summed E-state index contributed by atoms with van der Waals surface area (Å²) in [4.78, 5) is 10.2. The Bertz CT molecular complexity index is 449. The molecule has 118 valence electrons. The van der Waals surface area contributed by atoms with Crippen LogP contribution in [-0.2, 0) is 9.47 Å². The molecule has 0 amide bonds. The van der Waals surface area contributed by atoms with E-state index < -0.39 is 11.0 Å². The van der Waals surface area contributed by atoms with Gasteiger partial charge in [0, 0.05) is 37.8 Å². The first-order chi connectivity index (χ1) is 10.1. The average molecular weight is 299 g/mol. The zero-order valence-corrected chi connectivity index (χ0v) is 12.3. The van der Waals surface area contributed by atoms with Crippen molar-refractivity contribution in [3.63, 3.8) is 0 Å². The van der Waals surface area contributed by atoms with Gasteiger partial charge in [-0.15, -0.1) is 0 Å². The predicted octanol–water partition coefficient (Wildman–Crippen LogP) is 2.08. The maximum Gasteiger partial charge on any atom is 0.270 e. The first-order valence-corrected chi connectivity index (χ1v) is 6.72. The molecular formula is C14H21NO6. The number of non-ortho nitro benzene ring substituents is 1. The highest BCUT2D eigenvalue weighted by Gasteiger charge is 2.15. The van der Waals surface area contributed by atoms with Crippen LogP contribution in [0.15, 0.2) is 18.2 Å². The van der Waals surface area contributed by atoms with Crippen LogP contribution in [-0.4, -0.2) is 43.6 Å². The van der Waals surface area contributed by atoms with Crippen LogP contribution in [0.4, 0.5) is 5.69 Å². The van der Waals surface area contributed by atoms with Gasteiger partial charge in [0.05, 0.1) is 30.8 Å². The number of nitro benzene ring substituents is 1. The molecule has 0 aromatic heterocycles. The Balaban J connectivity index is 2.49. The van der Waals surface area contributed by atoms with E-state index in [1.54, 1.807) is 14.0 Å². The number of benzene rings is 1. The summed E-state index contributed by atoms with van der Waals surface area (Å²) in [6.07, 6.45) is -0.155. The number of aliphatic hydroxyl groups is 1. The second kappa shape index (κ2) is 9.28. The van der Waals surface area contributed by atoms with Gasteiger partial charge < -0.3 is 19.3 Å². The molecule has 0 saturated carbocycles. The van der Waals surface area contributed by atoms with E-state index in [0.717, 1.165) is 0 Å². The van der Waals surface area contributed by atoms with E-state index in [1.807, 2.05) is 0 Å². The van der Waals surface area contributed by atoms with Gasteiger partial charge in [-0.3, -0.25) is 10.1 Å². The lowest BCUT2D eigenvalue weighted by Crippen LogP contribution is -2.08. The van der Waals surface area contributed by atoms with Crippen LogP contribution in [0.3, 0.4) is 0 Å². The molecular weight excluding hydrogens is 278 g/mol. The fourth-order valence-electron chi connectivity index (χ4n) is 1.69. The van der Waals surface area contributed by atoms with Crippen molar-refractivity contribution in [2.45, 2.75) is 19.4 Å². The number of nitro groups is 1. The number of hydrogen-bond donors (Lipinski definition) is 1. The zero-order chi connectivity index (χ0) is 15.7. The first kappa shape index (κ1) is 17.4. The summed E-state index contributed by atoms with van der Waals surface area (Å²) in [6.45, 7) is 3.58. The molecule has 0 bridgehead atoms. The Kier molecular flexibility index (Phi) is 7.66. The summed E-state index contributed by atoms with van der Waals surface area (Å²) >= 11 is 0.